The zero-order valence-electron chi connectivity index (χ0n) is 22.9. The number of ketones is 3. The molecule has 3 saturated heterocycles. The van der Waals surface area contributed by atoms with Crippen molar-refractivity contribution < 1.29 is 14.4 Å². The van der Waals surface area contributed by atoms with Gasteiger partial charge in [0.15, 0.2) is 0 Å². The van der Waals surface area contributed by atoms with Crippen molar-refractivity contribution in [1.82, 2.24) is 30.2 Å². The van der Waals surface area contributed by atoms with Crippen LogP contribution in [0, 0.1) is 0 Å². The summed E-state index contributed by atoms with van der Waals surface area (Å²) < 4.78 is 0. The third-order valence-electron chi connectivity index (χ3n) is 6.89. The quantitative estimate of drug-likeness (QED) is 0.541. The summed E-state index contributed by atoms with van der Waals surface area (Å²) in [7, 11) is 10.3. The summed E-state index contributed by atoms with van der Waals surface area (Å²) in [6, 6.07) is 1.49. The second kappa shape index (κ2) is 15.7. The van der Waals surface area contributed by atoms with Crippen LogP contribution in [-0.4, -0.2) is 142 Å². The van der Waals surface area contributed by atoms with Crippen molar-refractivity contribution in [2.45, 2.75) is 64.2 Å². The second-order valence-corrected chi connectivity index (χ2v) is 10.5. The highest BCUT2D eigenvalue weighted by molar-refractivity contribution is 5.81. The van der Waals surface area contributed by atoms with Gasteiger partial charge in [-0.1, -0.05) is 0 Å². The van der Waals surface area contributed by atoms with E-state index in [0.717, 1.165) is 52.2 Å². The van der Waals surface area contributed by atoms with Crippen LogP contribution in [0.1, 0.15) is 40.0 Å². The van der Waals surface area contributed by atoms with Gasteiger partial charge in [0, 0.05) is 76.8 Å². The molecule has 2 N–H and O–H groups in total. The minimum Gasteiger partial charge on any atom is -0.314 e. The number of hydrogen-bond donors (Lipinski definition) is 2. The highest BCUT2D eigenvalue weighted by Crippen LogP contribution is 2.19. The summed E-state index contributed by atoms with van der Waals surface area (Å²) in [6.45, 7) is 12.1. The van der Waals surface area contributed by atoms with Crippen LogP contribution in [0.25, 0.3) is 0 Å². The number of nitrogens with zero attached hydrogens (tertiary/aromatic N) is 4. The minimum atomic E-state index is 0.150. The standard InChI is InChI=1S/C9H18N2O.2C8H16N2O/c1-7(12)9-5-8(10(2)3)6-11(9)4;1-7(11)5-8-6-10(2)4-3-9-8;1-7(11)5-8-6-9-3-4-10(8)2/h8-9H,5-6H2,1-4H3;2*8-9H,3-6H2,1-2H3. The summed E-state index contributed by atoms with van der Waals surface area (Å²) in [6.07, 6.45) is 2.34. The minimum absolute atomic E-state index is 0.150. The number of likely N-dealkylation sites (tertiary alicyclic amines) is 1. The van der Waals surface area contributed by atoms with Gasteiger partial charge < -0.3 is 25.3 Å². The van der Waals surface area contributed by atoms with Crippen LogP contribution in [0.3, 0.4) is 0 Å². The van der Waals surface area contributed by atoms with E-state index in [9.17, 15) is 14.4 Å². The van der Waals surface area contributed by atoms with E-state index in [2.05, 4.69) is 58.4 Å². The van der Waals surface area contributed by atoms with Crippen molar-refractivity contribution in [2.75, 3.05) is 81.1 Å². The molecule has 34 heavy (non-hydrogen) atoms. The molecule has 3 aliphatic heterocycles. The highest BCUT2D eigenvalue weighted by atomic mass is 16.1. The first-order valence-electron chi connectivity index (χ1n) is 12.6. The maximum atomic E-state index is 11.2. The Morgan fingerprint density at radius 1 is 0.882 bits per heavy atom. The Labute approximate surface area is 207 Å². The molecule has 4 unspecified atom stereocenters. The number of hydrogen-bond acceptors (Lipinski definition) is 9. The van der Waals surface area contributed by atoms with Crippen LogP contribution < -0.4 is 10.6 Å². The molecule has 0 spiro atoms. The van der Waals surface area contributed by atoms with E-state index in [0.29, 0.717) is 36.8 Å². The number of likely N-dealkylation sites (N-methyl/N-ethyl adjacent to an activating group) is 4. The molecule has 0 bridgehead atoms. The van der Waals surface area contributed by atoms with E-state index < -0.39 is 0 Å². The third-order valence-corrected chi connectivity index (χ3v) is 6.89. The molecule has 0 amide bonds. The Hall–Kier alpha value is -1.23. The van der Waals surface area contributed by atoms with Crippen LogP contribution in [0.15, 0.2) is 0 Å². The van der Waals surface area contributed by atoms with Gasteiger partial charge in [-0.15, -0.1) is 0 Å². The highest BCUT2D eigenvalue weighted by Gasteiger charge is 2.33. The molecule has 4 atom stereocenters. The largest absolute Gasteiger partial charge is 0.314 e. The Bertz CT molecular complexity index is 644. The number of piperazine rings is 2. The fourth-order valence-electron chi connectivity index (χ4n) is 4.72. The van der Waals surface area contributed by atoms with Crippen LogP contribution in [0.4, 0.5) is 0 Å². The maximum absolute atomic E-state index is 11.2. The molecule has 198 valence electrons. The van der Waals surface area contributed by atoms with E-state index in [1.165, 1.54) is 0 Å². The van der Waals surface area contributed by atoms with Gasteiger partial charge in [0.05, 0.1) is 6.04 Å². The molecule has 0 aromatic heterocycles. The Balaban J connectivity index is 0.000000255. The average Bonchev–Trinajstić information content (AvgIpc) is 3.12. The fourth-order valence-corrected chi connectivity index (χ4v) is 4.72. The van der Waals surface area contributed by atoms with E-state index >= 15 is 0 Å². The molecule has 0 saturated carbocycles. The number of nitrogens with one attached hydrogen (secondary N) is 2. The molecule has 0 aromatic carbocycles. The monoisotopic (exact) mass is 482 g/mol. The SMILES string of the molecule is CC(=O)C1CC(N(C)C)CN1C.CC(=O)CC1CN(C)CCN1.CC(=O)CC1CNCCN1C. The molecule has 0 aliphatic carbocycles. The lowest BCUT2D eigenvalue weighted by Crippen LogP contribution is -2.49. The smallest absolute Gasteiger partial charge is 0.146 e. The molecular formula is C25H50N6O3. The molecule has 3 heterocycles. The van der Waals surface area contributed by atoms with E-state index in [1.54, 1.807) is 20.8 Å². The molecule has 0 aromatic rings. The van der Waals surface area contributed by atoms with Gasteiger partial charge in [-0.3, -0.25) is 19.3 Å². The predicted molar refractivity (Wildman–Crippen MR) is 138 cm³/mol. The average molecular weight is 483 g/mol. The van der Waals surface area contributed by atoms with Gasteiger partial charge in [-0.2, -0.15) is 0 Å². The maximum Gasteiger partial charge on any atom is 0.146 e. The molecule has 9 nitrogen and oxygen atoms in total. The number of Topliss-reactive ketones (excluding diaryl/α,β-unsaturated/α-hetero) is 3. The predicted octanol–water partition coefficient (Wildman–Crippen LogP) is -0.0521. The lowest BCUT2D eigenvalue weighted by Gasteiger charge is -2.32. The molecule has 3 aliphatic rings. The second-order valence-electron chi connectivity index (χ2n) is 10.5. The van der Waals surface area contributed by atoms with Crippen molar-refractivity contribution in [1.29, 1.82) is 0 Å². The zero-order valence-corrected chi connectivity index (χ0v) is 22.9. The fraction of sp³-hybridized carbons (Fsp3) is 0.880. The summed E-state index contributed by atoms with van der Waals surface area (Å²) in [5, 5.41) is 6.60. The van der Waals surface area contributed by atoms with E-state index in [4.69, 9.17) is 0 Å². The Kier molecular flexibility index (Phi) is 14.2. The summed E-state index contributed by atoms with van der Waals surface area (Å²) in [5.74, 6) is 0.852. The number of carbonyl (C=O) groups excluding carboxylic acids is 3. The summed E-state index contributed by atoms with van der Waals surface area (Å²) in [5.41, 5.74) is 0. The molecule has 9 heteroatoms. The van der Waals surface area contributed by atoms with Crippen molar-refractivity contribution in [3.63, 3.8) is 0 Å². The first-order valence-corrected chi connectivity index (χ1v) is 12.6. The molecule has 3 rings (SSSR count). The molecule has 0 radical (unpaired) electrons. The first-order chi connectivity index (χ1) is 15.9. The van der Waals surface area contributed by atoms with E-state index in [1.807, 2.05) is 7.05 Å². The number of rotatable bonds is 6. The number of carbonyl (C=O) groups is 3. The topological polar surface area (TPSA) is 88.2 Å². The van der Waals surface area contributed by atoms with Gasteiger partial charge in [-0.25, -0.2) is 0 Å². The van der Waals surface area contributed by atoms with Crippen LogP contribution in [-0.2, 0) is 14.4 Å². The van der Waals surface area contributed by atoms with E-state index in [-0.39, 0.29) is 17.6 Å². The third kappa shape index (κ3) is 12.0. The lowest BCUT2D eigenvalue weighted by atomic mass is 10.1. The van der Waals surface area contributed by atoms with Crippen LogP contribution in [0.5, 0.6) is 0 Å². The first kappa shape index (κ1) is 30.8. The molecular weight excluding hydrogens is 432 g/mol. The lowest BCUT2D eigenvalue weighted by molar-refractivity contribution is -0.121. The summed E-state index contributed by atoms with van der Waals surface area (Å²) in [4.78, 5) is 41.6. The van der Waals surface area contributed by atoms with Crippen molar-refractivity contribution in [3.05, 3.63) is 0 Å². The van der Waals surface area contributed by atoms with Gasteiger partial charge >= 0.3 is 0 Å². The van der Waals surface area contributed by atoms with Gasteiger partial charge in [0.2, 0.25) is 0 Å². The van der Waals surface area contributed by atoms with Gasteiger partial charge in [-0.05, 0) is 62.4 Å². The Morgan fingerprint density at radius 2 is 1.53 bits per heavy atom. The van der Waals surface area contributed by atoms with Crippen LogP contribution >= 0.6 is 0 Å². The Morgan fingerprint density at radius 3 is 1.97 bits per heavy atom. The molecule has 3 fully saturated rings. The van der Waals surface area contributed by atoms with Crippen molar-refractivity contribution in [3.8, 4) is 0 Å². The van der Waals surface area contributed by atoms with Gasteiger partial charge in [0.25, 0.3) is 0 Å². The zero-order chi connectivity index (χ0) is 25.8. The normalized spacial score (nSPS) is 28.5. The van der Waals surface area contributed by atoms with Crippen molar-refractivity contribution >= 4 is 17.3 Å². The van der Waals surface area contributed by atoms with Crippen molar-refractivity contribution in [2.24, 2.45) is 0 Å². The van der Waals surface area contributed by atoms with Gasteiger partial charge in [0.1, 0.15) is 17.3 Å². The van der Waals surface area contributed by atoms with Crippen LogP contribution in [0.2, 0.25) is 0 Å². The summed E-state index contributed by atoms with van der Waals surface area (Å²) >= 11 is 0.